The number of esters is 1. The van der Waals surface area contributed by atoms with Crippen LogP contribution in [0.15, 0.2) is 48.7 Å². The van der Waals surface area contributed by atoms with E-state index in [1.807, 2.05) is 35.8 Å². The normalized spacial score (nSPS) is 14.2. The highest BCUT2D eigenvalue weighted by molar-refractivity contribution is 5.86. The molecule has 0 unspecified atom stereocenters. The molecule has 4 rings (SSSR count). The van der Waals surface area contributed by atoms with Gasteiger partial charge in [-0.05, 0) is 31.0 Å². The van der Waals surface area contributed by atoms with Gasteiger partial charge in [0, 0.05) is 55.9 Å². The number of carbonyl (C=O) groups is 1. The third-order valence-corrected chi connectivity index (χ3v) is 5.79. The molecule has 0 atom stereocenters. The molecule has 1 aliphatic heterocycles. The summed E-state index contributed by atoms with van der Waals surface area (Å²) in [6, 6.07) is 14.2. The SMILES string of the molecule is CCOC(=O)Cn1cc(CCN2CCN(c3cccc(OC)n3)CC2)c2ccccc21.Cl. The molecule has 32 heavy (non-hydrogen) atoms. The smallest absolute Gasteiger partial charge is 0.325 e. The number of hydrogen-bond donors (Lipinski definition) is 0. The molecule has 0 amide bonds. The summed E-state index contributed by atoms with van der Waals surface area (Å²) in [5, 5.41) is 1.21. The highest BCUT2D eigenvalue weighted by Crippen LogP contribution is 2.23. The molecule has 8 heteroatoms. The van der Waals surface area contributed by atoms with Gasteiger partial charge < -0.3 is 18.9 Å². The molecule has 172 valence electrons. The summed E-state index contributed by atoms with van der Waals surface area (Å²) in [6.07, 6.45) is 3.06. The molecule has 1 saturated heterocycles. The average molecular weight is 459 g/mol. The zero-order valence-corrected chi connectivity index (χ0v) is 19.5. The molecule has 0 aliphatic carbocycles. The van der Waals surface area contributed by atoms with Crippen molar-refractivity contribution < 1.29 is 14.3 Å². The number of fused-ring (bicyclic) bond motifs is 1. The molecular weight excluding hydrogens is 428 g/mol. The van der Waals surface area contributed by atoms with Crippen molar-refractivity contribution in [3.63, 3.8) is 0 Å². The van der Waals surface area contributed by atoms with Crippen molar-refractivity contribution in [1.29, 1.82) is 0 Å². The second-order valence-corrected chi connectivity index (χ2v) is 7.72. The molecule has 1 aromatic carbocycles. The van der Waals surface area contributed by atoms with E-state index in [2.05, 4.69) is 39.2 Å². The van der Waals surface area contributed by atoms with Crippen LogP contribution in [0.1, 0.15) is 12.5 Å². The maximum absolute atomic E-state index is 12.0. The summed E-state index contributed by atoms with van der Waals surface area (Å²) in [6.45, 7) is 7.38. The number of halogens is 1. The molecule has 2 aromatic heterocycles. The molecule has 3 heterocycles. The fourth-order valence-electron chi connectivity index (χ4n) is 4.17. The minimum Gasteiger partial charge on any atom is -0.481 e. The van der Waals surface area contributed by atoms with Crippen LogP contribution in [0.5, 0.6) is 5.88 Å². The maximum Gasteiger partial charge on any atom is 0.325 e. The van der Waals surface area contributed by atoms with Crippen LogP contribution in [0.3, 0.4) is 0 Å². The Hall–Kier alpha value is -2.77. The highest BCUT2D eigenvalue weighted by Gasteiger charge is 2.19. The Morgan fingerprint density at radius 2 is 1.84 bits per heavy atom. The first-order valence-corrected chi connectivity index (χ1v) is 10.9. The van der Waals surface area contributed by atoms with Crippen LogP contribution in [0, 0.1) is 0 Å². The van der Waals surface area contributed by atoms with Crippen molar-refractivity contribution in [3.8, 4) is 5.88 Å². The number of ether oxygens (including phenoxy) is 2. The van der Waals surface area contributed by atoms with E-state index < -0.39 is 0 Å². The van der Waals surface area contributed by atoms with Gasteiger partial charge in [0.2, 0.25) is 5.88 Å². The predicted molar refractivity (Wildman–Crippen MR) is 129 cm³/mol. The van der Waals surface area contributed by atoms with Gasteiger partial charge in [-0.15, -0.1) is 12.4 Å². The van der Waals surface area contributed by atoms with Gasteiger partial charge in [-0.3, -0.25) is 9.69 Å². The van der Waals surface area contributed by atoms with Gasteiger partial charge in [-0.1, -0.05) is 24.3 Å². The quantitative estimate of drug-likeness (QED) is 0.482. The standard InChI is InChI=1S/C24H30N4O3.ClH/c1-3-31-24(29)18-28-17-19(20-7-4-5-8-21(20)28)11-12-26-13-15-27(16-14-26)22-9-6-10-23(25-22)30-2;/h4-10,17H,3,11-16,18H2,1-2H3;1H. The molecular formula is C24H31ClN4O3. The molecule has 1 aliphatic rings. The van der Waals surface area contributed by atoms with E-state index in [1.165, 1.54) is 10.9 Å². The molecule has 0 saturated carbocycles. The van der Waals surface area contributed by atoms with Gasteiger partial charge >= 0.3 is 5.97 Å². The summed E-state index contributed by atoms with van der Waals surface area (Å²) < 4.78 is 12.4. The van der Waals surface area contributed by atoms with Crippen molar-refractivity contribution in [2.75, 3.05) is 51.3 Å². The summed E-state index contributed by atoms with van der Waals surface area (Å²) in [4.78, 5) is 21.3. The Labute approximate surface area is 195 Å². The number of rotatable bonds is 8. The van der Waals surface area contributed by atoms with E-state index in [0.717, 1.165) is 50.5 Å². The number of methoxy groups -OCH3 is 1. The van der Waals surface area contributed by atoms with Crippen molar-refractivity contribution in [2.45, 2.75) is 19.9 Å². The van der Waals surface area contributed by atoms with Crippen LogP contribution >= 0.6 is 12.4 Å². The Bertz CT molecular complexity index is 1030. The lowest BCUT2D eigenvalue weighted by Crippen LogP contribution is -2.47. The monoisotopic (exact) mass is 458 g/mol. The molecule has 3 aromatic rings. The Balaban J connectivity index is 0.00000289. The van der Waals surface area contributed by atoms with Crippen LogP contribution in [0.4, 0.5) is 5.82 Å². The first-order chi connectivity index (χ1) is 15.2. The largest absolute Gasteiger partial charge is 0.481 e. The van der Waals surface area contributed by atoms with Crippen LogP contribution in [-0.4, -0.2) is 66.9 Å². The van der Waals surface area contributed by atoms with E-state index in [0.29, 0.717) is 12.5 Å². The van der Waals surface area contributed by atoms with Gasteiger partial charge in [-0.2, -0.15) is 4.98 Å². The molecule has 1 fully saturated rings. The van der Waals surface area contributed by atoms with Crippen LogP contribution in [0.2, 0.25) is 0 Å². The summed E-state index contributed by atoms with van der Waals surface area (Å²) >= 11 is 0. The molecule has 0 radical (unpaired) electrons. The maximum atomic E-state index is 12.0. The lowest BCUT2D eigenvalue weighted by molar-refractivity contribution is -0.143. The first kappa shape index (κ1) is 23.9. The van der Waals surface area contributed by atoms with E-state index in [1.54, 1.807) is 7.11 Å². The number of anilines is 1. The third kappa shape index (κ3) is 5.53. The Morgan fingerprint density at radius 3 is 2.59 bits per heavy atom. The third-order valence-electron chi connectivity index (χ3n) is 5.79. The number of aromatic nitrogens is 2. The average Bonchev–Trinajstić information content (AvgIpc) is 3.15. The number of carbonyl (C=O) groups excluding carboxylic acids is 1. The second kappa shape index (κ2) is 11.2. The van der Waals surface area contributed by atoms with Crippen molar-refractivity contribution >= 4 is 35.1 Å². The van der Waals surface area contributed by atoms with E-state index in [4.69, 9.17) is 9.47 Å². The van der Waals surface area contributed by atoms with Crippen molar-refractivity contribution in [2.24, 2.45) is 0 Å². The van der Waals surface area contributed by atoms with Crippen molar-refractivity contribution in [1.82, 2.24) is 14.5 Å². The van der Waals surface area contributed by atoms with Gasteiger partial charge in [0.05, 0.1) is 13.7 Å². The Kier molecular flexibility index (Phi) is 8.36. The Morgan fingerprint density at radius 1 is 1.06 bits per heavy atom. The first-order valence-electron chi connectivity index (χ1n) is 10.9. The van der Waals surface area contributed by atoms with Crippen molar-refractivity contribution in [3.05, 3.63) is 54.2 Å². The molecule has 0 bridgehead atoms. The minimum atomic E-state index is -0.197. The number of piperazine rings is 1. The summed E-state index contributed by atoms with van der Waals surface area (Å²) in [5.74, 6) is 1.43. The number of benzene rings is 1. The highest BCUT2D eigenvalue weighted by atomic mass is 35.5. The second-order valence-electron chi connectivity index (χ2n) is 7.72. The summed E-state index contributed by atoms with van der Waals surface area (Å²) in [7, 11) is 1.65. The molecule has 7 nitrogen and oxygen atoms in total. The van der Waals surface area contributed by atoms with Crippen LogP contribution < -0.4 is 9.64 Å². The fraction of sp³-hybridized carbons (Fsp3) is 0.417. The number of para-hydroxylation sites is 1. The lowest BCUT2D eigenvalue weighted by Gasteiger charge is -2.35. The predicted octanol–water partition coefficient (Wildman–Crippen LogP) is 3.39. The topological polar surface area (TPSA) is 59.8 Å². The number of nitrogens with zero attached hydrogens (tertiary/aromatic N) is 4. The van der Waals surface area contributed by atoms with Gasteiger partial charge in [-0.25, -0.2) is 0 Å². The zero-order valence-electron chi connectivity index (χ0n) is 18.7. The van der Waals surface area contributed by atoms with Gasteiger partial charge in [0.15, 0.2) is 0 Å². The fourth-order valence-corrected chi connectivity index (χ4v) is 4.17. The van der Waals surface area contributed by atoms with Crippen LogP contribution in [-0.2, 0) is 22.5 Å². The number of pyridine rings is 1. The van der Waals surface area contributed by atoms with Gasteiger partial charge in [0.25, 0.3) is 0 Å². The minimum absolute atomic E-state index is 0. The van der Waals surface area contributed by atoms with E-state index in [-0.39, 0.29) is 24.9 Å². The number of hydrogen-bond acceptors (Lipinski definition) is 6. The summed E-state index contributed by atoms with van der Waals surface area (Å²) in [5.41, 5.74) is 2.36. The van der Waals surface area contributed by atoms with Gasteiger partial charge in [0.1, 0.15) is 12.4 Å². The molecule has 0 spiro atoms. The van der Waals surface area contributed by atoms with Crippen LogP contribution in [0.25, 0.3) is 10.9 Å². The van der Waals surface area contributed by atoms with E-state index in [9.17, 15) is 4.79 Å². The lowest BCUT2D eigenvalue weighted by atomic mass is 10.1. The van der Waals surface area contributed by atoms with E-state index >= 15 is 0 Å². The molecule has 0 N–H and O–H groups in total. The zero-order chi connectivity index (χ0) is 21.6.